The maximum Gasteiger partial charge on any atom is 0.0237 e. The first kappa shape index (κ1) is 15.9. The van der Waals surface area contributed by atoms with Crippen molar-refractivity contribution in [3.63, 3.8) is 0 Å². The van der Waals surface area contributed by atoms with Crippen LogP contribution in [0.3, 0.4) is 0 Å². The van der Waals surface area contributed by atoms with E-state index in [2.05, 4.69) is 64.0 Å². The lowest BCUT2D eigenvalue weighted by molar-refractivity contribution is 0.113. The van der Waals surface area contributed by atoms with E-state index in [0.29, 0.717) is 24.0 Å². The fraction of sp³-hybridized carbons (Fsp3) is 1.00. The molecule has 3 nitrogen and oxygen atoms in total. The van der Waals surface area contributed by atoms with Crippen LogP contribution in [0.15, 0.2) is 0 Å². The average Bonchev–Trinajstić information content (AvgIpc) is 2.24. The molecule has 0 aromatic carbocycles. The van der Waals surface area contributed by atoms with Crippen LogP contribution in [0.1, 0.15) is 34.1 Å². The van der Waals surface area contributed by atoms with Crippen molar-refractivity contribution in [1.29, 1.82) is 0 Å². The Bertz CT molecular complexity index is 232. The van der Waals surface area contributed by atoms with Gasteiger partial charge in [-0.15, -0.1) is 0 Å². The summed E-state index contributed by atoms with van der Waals surface area (Å²) in [4.78, 5) is 4.83. The van der Waals surface area contributed by atoms with Crippen LogP contribution in [0.4, 0.5) is 0 Å². The van der Waals surface area contributed by atoms with E-state index < -0.39 is 0 Å². The lowest BCUT2D eigenvalue weighted by atomic mass is 9.89. The molecule has 0 radical (unpaired) electrons. The van der Waals surface area contributed by atoms with E-state index in [1.54, 1.807) is 0 Å². The van der Waals surface area contributed by atoms with E-state index in [9.17, 15) is 0 Å². The maximum absolute atomic E-state index is 3.82. The summed E-state index contributed by atoms with van der Waals surface area (Å²) in [7, 11) is 6.62. The lowest BCUT2D eigenvalue weighted by Gasteiger charge is -2.41. The number of piperidine rings is 1. The summed E-state index contributed by atoms with van der Waals surface area (Å²) in [5, 5.41) is 3.82. The molecule has 1 fully saturated rings. The predicted molar refractivity (Wildman–Crippen MR) is 80.0 cm³/mol. The molecule has 4 atom stereocenters. The molecule has 3 heteroatoms. The van der Waals surface area contributed by atoms with Crippen molar-refractivity contribution in [2.45, 2.75) is 52.2 Å². The molecule has 0 spiro atoms. The summed E-state index contributed by atoms with van der Waals surface area (Å²) in [6, 6.07) is 2.01. The smallest absolute Gasteiger partial charge is 0.0237 e. The van der Waals surface area contributed by atoms with Gasteiger partial charge in [-0.2, -0.15) is 0 Å². The van der Waals surface area contributed by atoms with Gasteiger partial charge in [-0.1, -0.05) is 20.8 Å². The fourth-order valence-corrected chi connectivity index (χ4v) is 3.11. The maximum atomic E-state index is 3.82. The van der Waals surface area contributed by atoms with Gasteiger partial charge in [-0.3, -0.25) is 0 Å². The van der Waals surface area contributed by atoms with E-state index in [0.717, 1.165) is 12.5 Å². The molecule has 0 aromatic rings. The Morgan fingerprint density at radius 2 is 1.89 bits per heavy atom. The van der Waals surface area contributed by atoms with E-state index in [4.69, 9.17) is 0 Å². The van der Waals surface area contributed by atoms with Crippen molar-refractivity contribution in [2.24, 2.45) is 11.8 Å². The molecule has 0 aliphatic carbocycles. The Morgan fingerprint density at radius 3 is 2.39 bits per heavy atom. The summed E-state index contributed by atoms with van der Waals surface area (Å²) in [5.41, 5.74) is 0. The zero-order valence-corrected chi connectivity index (χ0v) is 13.4. The minimum absolute atomic E-state index is 0.632. The first-order valence-electron chi connectivity index (χ1n) is 7.43. The minimum atomic E-state index is 0.632. The Balaban J connectivity index is 2.46. The summed E-state index contributed by atoms with van der Waals surface area (Å²) >= 11 is 0. The largest absolute Gasteiger partial charge is 0.312 e. The molecular formula is C15H33N3. The van der Waals surface area contributed by atoms with Gasteiger partial charge in [0.25, 0.3) is 0 Å². The number of hydrogen-bond donors (Lipinski definition) is 1. The summed E-state index contributed by atoms with van der Waals surface area (Å²) in [5.74, 6) is 1.45. The molecule has 0 saturated carbocycles. The molecule has 0 aromatic heterocycles. The van der Waals surface area contributed by atoms with E-state index in [-0.39, 0.29) is 0 Å². The molecule has 1 rings (SSSR count). The van der Waals surface area contributed by atoms with Crippen LogP contribution in [0.25, 0.3) is 0 Å². The van der Waals surface area contributed by atoms with Crippen molar-refractivity contribution < 1.29 is 0 Å². The van der Waals surface area contributed by atoms with E-state index in [1.165, 1.54) is 13.0 Å². The first-order valence-corrected chi connectivity index (χ1v) is 7.43. The number of nitrogens with zero attached hydrogens (tertiary/aromatic N) is 2. The van der Waals surface area contributed by atoms with Gasteiger partial charge in [-0.05, 0) is 46.3 Å². The SMILES string of the molecule is CC(C)C(CNC1CC(C)N(C)CC1C)N(C)C. The zero-order chi connectivity index (χ0) is 13.9. The van der Waals surface area contributed by atoms with Crippen LogP contribution >= 0.6 is 0 Å². The zero-order valence-electron chi connectivity index (χ0n) is 13.4. The summed E-state index contributed by atoms with van der Waals surface area (Å²) in [6.07, 6.45) is 1.27. The highest BCUT2D eigenvalue weighted by molar-refractivity contribution is 4.87. The molecule has 0 bridgehead atoms. The summed E-state index contributed by atoms with van der Waals surface area (Å²) in [6.45, 7) is 11.7. The predicted octanol–water partition coefficient (Wildman–Crippen LogP) is 1.89. The minimum Gasteiger partial charge on any atom is -0.312 e. The third-order valence-electron chi connectivity index (χ3n) is 4.63. The van der Waals surface area contributed by atoms with E-state index in [1.807, 2.05) is 0 Å². The van der Waals surface area contributed by atoms with Gasteiger partial charge < -0.3 is 15.1 Å². The van der Waals surface area contributed by atoms with Gasteiger partial charge in [0.15, 0.2) is 0 Å². The average molecular weight is 255 g/mol. The third kappa shape index (κ3) is 4.22. The van der Waals surface area contributed by atoms with Crippen molar-refractivity contribution in [2.75, 3.05) is 34.2 Å². The summed E-state index contributed by atoms with van der Waals surface area (Å²) < 4.78 is 0. The van der Waals surface area contributed by atoms with Gasteiger partial charge in [0.05, 0.1) is 0 Å². The van der Waals surface area contributed by atoms with Gasteiger partial charge in [0.2, 0.25) is 0 Å². The van der Waals surface area contributed by atoms with Crippen molar-refractivity contribution in [3.8, 4) is 0 Å². The Morgan fingerprint density at radius 1 is 1.28 bits per heavy atom. The van der Waals surface area contributed by atoms with E-state index >= 15 is 0 Å². The third-order valence-corrected chi connectivity index (χ3v) is 4.63. The standard InChI is InChI=1S/C15H33N3/c1-11(2)15(17(5)6)9-16-14-8-13(4)18(7)10-12(14)3/h11-16H,8-10H2,1-7H3. The molecule has 1 N–H and O–H groups in total. The number of likely N-dealkylation sites (tertiary alicyclic amines) is 1. The Kier molecular flexibility index (Phi) is 6.09. The topological polar surface area (TPSA) is 18.5 Å². The second-order valence-corrected chi connectivity index (χ2v) is 6.79. The second-order valence-electron chi connectivity index (χ2n) is 6.79. The van der Waals surface area contributed by atoms with Crippen molar-refractivity contribution in [3.05, 3.63) is 0 Å². The number of hydrogen-bond acceptors (Lipinski definition) is 3. The monoisotopic (exact) mass is 255 g/mol. The molecule has 1 aliphatic rings. The lowest BCUT2D eigenvalue weighted by Crippen LogP contribution is -2.53. The normalized spacial score (nSPS) is 32.2. The van der Waals surface area contributed by atoms with Crippen LogP contribution < -0.4 is 5.32 Å². The van der Waals surface area contributed by atoms with Crippen molar-refractivity contribution in [1.82, 2.24) is 15.1 Å². The van der Waals surface area contributed by atoms with Crippen molar-refractivity contribution >= 4 is 0 Å². The Labute approximate surface area is 114 Å². The van der Waals surface area contributed by atoms with Crippen LogP contribution in [-0.4, -0.2) is 62.2 Å². The first-order chi connectivity index (χ1) is 8.32. The molecule has 0 amide bonds. The molecule has 4 unspecified atom stereocenters. The van der Waals surface area contributed by atoms with Gasteiger partial charge in [-0.25, -0.2) is 0 Å². The number of likely N-dealkylation sites (N-methyl/N-ethyl adjacent to an activating group) is 1. The molecule has 108 valence electrons. The highest BCUT2D eigenvalue weighted by Gasteiger charge is 2.29. The Hall–Kier alpha value is -0.120. The quantitative estimate of drug-likeness (QED) is 0.809. The molecule has 18 heavy (non-hydrogen) atoms. The van der Waals surface area contributed by atoms with Gasteiger partial charge in [0, 0.05) is 31.2 Å². The van der Waals surface area contributed by atoms with Crippen LogP contribution in [0.5, 0.6) is 0 Å². The number of nitrogens with one attached hydrogen (secondary N) is 1. The molecular weight excluding hydrogens is 222 g/mol. The van der Waals surface area contributed by atoms with Crippen LogP contribution in [0.2, 0.25) is 0 Å². The van der Waals surface area contributed by atoms with Gasteiger partial charge >= 0.3 is 0 Å². The molecule has 1 heterocycles. The van der Waals surface area contributed by atoms with Crippen LogP contribution in [-0.2, 0) is 0 Å². The number of rotatable bonds is 5. The highest BCUT2D eigenvalue weighted by atomic mass is 15.2. The molecule has 1 saturated heterocycles. The highest BCUT2D eigenvalue weighted by Crippen LogP contribution is 2.21. The van der Waals surface area contributed by atoms with Crippen LogP contribution in [0, 0.1) is 11.8 Å². The molecule has 1 aliphatic heterocycles. The van der Waals surface area contributed by atoms with Gasteiger partial charge in [0.1, 0.15) is 0 Å². The fourth-order valence-electron chi connectivity index (χ4n) is 3.11. The second kappa shape index (κ2) is 6.88.